The third-order valence-electron chi connectivity index (χ3n) is 3.70. The Labute approximate surface area is 115 Å². The molecule has 0 aromatic carbocycles. The van der Waals surface area contributed by atoms with E-state index in [0.29, 0.717) is 0 Å². The normalized spacial score (nSPS) is 21.7. The lowest BCUT2D eigenvalue weighted by molar-refractivity contribution is 0.130. The molecule has 1 unspecified atom stereocenters. The number of hydrogen-bond acceptors (Lipinski definition) is 4. The first kappa shape index (κ1) is 14.0. The number of hydrogen-bond donors (Lipinski definition) is 1. The maximum absolute atomic E-state index is 3.21. The molecule has 1 saturated heterocycles. The molecule has 1 aliphatic heterocycles. The fraction of sp³-hybridized carbons (Fsp3) is 0.714. The molecule has 0 aliphatic carbocycles. The summed E-state index contributed by atoms with van der Waals surface area (Å²) in [6.45, 7) is 4.55. The highest BCUT2D eigenvalue weighted by atomic mass is 32.1. The van der Waals surface area contributed by atoms with Crippen molar-refractivity contribution >= 4 is 11.3 Å². The van der Waals surface area contributed by atoms with E-state index in [1.54, 1.807) is 0 Å². The minimum Gasteiger partial charge on any atom is -0.315 e. The lowest BCUT2D eigenvalue weighted by Gasteiger charge is -2.35. The number of thiophene rings is 1. The van der Waals surface area contributed by atoms with Crippen LogP contribution < -0.4 is 5.32 Å². The largest absolute Gasteiger partial charge is 0.315 e. The monoisotopic (exact) mass is 267 g/mol. The third kappa shape index (κ3) is 3.79. The molecule has 18 heavy (non-hydrogen) atoms. The predicted octanol–water partition coefficient (Wildman–Crippen LogP) is 1.99. The average molecular weight is 267 g/mol. The van der Waals surface area contributed by atoms with Crippen molar-refractivity contribution in [1.82, 2.24) is 15.1 Å². The molecule has 0 radical (unpaired) electrons. The molecule has 2 heterocycles. The van der Waals surface area contributed by atoms with Crippen LogP contribution in [-0.2, 0) is 13.1 Å². The number of nitrogens with one attached hydrogen (secondary N) is 1. The summed E-state index contributed by atoms with van der Waals surface area (Å²) >= 11 is 1.93. The van der Waals surface area contributed by atoms with Crippen LogP contribution in [0.15, 0.2) is 12.1 Å². The van der Waals surface area contributed by atoms with Crippen molar-refractivity contribution in [2.24, 2.45) is 0 Å². The number of nitrogens with zero attached hydrogens (tertiary/aromatic N) is 2. The van der Waals surface area contributed by atoms with Crippen molar-refractivity contribution in [3.63, 3.8) is 0 Å². The van der Waals surface area contributed by atoms with Crippen LogP contribution in [0, 0.1) is 0 Å². The van der Waals surface area contributed by atoms with E-state index < -0.39 is 0 Å². The molecule has 0 amide bonds. The Hall–Kier alpha value is -0.420. The first-order chi connectivity index (χ1) is 8.69. The Morgan fingerprint density at radius 3 is 2.94 bits per heavy atom. The molecular weight excluding hydrogens is 242 g/mol. The van der Waals surface area contributed by atoms with Gasteiger partial charge in [0, 0.05) is 35.4 Å². The summed E-state index contributed by atoms with van der Waals surface area (Å²) in [6.07, 6.45) is 2.68. The fourth-order valence-electron chi connectivity index (χ4n) is 2.65. The van der Waals surface area contributed by atoms with E-state index in [9.17, 15) is 0 Å². The number of rotatable bonds is 5. The molecule has 4 heteroatoms. The van der Waals surface area contributed by atoms with Crippen LogP contribution in [0.1, 0.15) is 22.6 Å². The van der Waals surface area contributed by atoms with Gasteiger partial charge in [-0.1, -0.05) is 0 Å². The predicted molar refractivity (Wildman–Crippen MR) is 79.1 cm³/mol. The third-order valence-corrected chi connectivity index (χ3v) is 4.77. The van der Waals surface area contributed by atoms with Crippen LogP contribution in [0.3, 0.4) is 0 Å². The quantitative estimate of drug-likeness (QED) is 0.880. The van der Waals surface area contributed by atoms with E-state index in [2.05, 4.69) is 41.3 Å². The van der Waals surface area contributed by atoms with E-state index in [1.165, 1.54) is 35.7 Å². The maximum Gasteiger partial charge on any atom is 0.0328 e. The van der Waals surface area contributed by atoms with E-state index in [0.717, 1.165) is 19.1 Å². The van der Waals surface area contributed by atoms with Gasteiger partial charge >= 0.3 is 0 Å². The second kappa shape index (κ2) is 6.66. The summed E-state index contributed by atoms with van der Waals surface area (Å²) < 4.78 is 0. The highest BCUT2D eigenvalue weighted by Crippen LogP contribution is 2.21. The van der Waals surface area contributed by atoms with Crippen molar-refractivity contribution in [1.29, 1.82) is 0 Å². The topological polar surface area (TPSA) is 18.5 Å². The molecule has 1 fully saturated rings. The fourth-order valence-corrected chi connectivity index (χ4v) is 3.74. The highest BCUT2D eigenvalue weighted by Gasteiger charge is 2.21. The molecule has 102 valence electrons. The summed E-state index contributed by atoms with van der Waals surface area (Å²) in [5, 5.41) is 3.21. The average Bonchev–Trinajstić information content (AvgIpc) is 2.77. The maximum atomic E-state index is 3.21. The molecule has 3 nitrogen and oxygen atoms in total. The highest BCUT2D eigenvalue weighted by molar-refractivity contribution is 7.11. The Bertz CT molecular complexity index is 364. The van der Waals surface area contributed by atoms with Crippen LogP contribution in [0.2, 0.25) is 0 Å². The Morgan fingerprint density at radius 2 is 2.22 bits per heavy atom. The molecule has 1 N–H and O–H groups in total. The first-order valence-corrected chi connectivity index (χ1v) is 7.61. The zero-order valence-corrected chi connectivity index (χ0v) is 12.6. The van der Waals surface area contributed by atoms with Gasteiger partial charge in [-0.05, 0) is 52.7 Å². The van der Waals surface area contributed by atoms with Crippen LogP contribution in [0.25, 0.3) is 0 Å². The SMILES string of the molecule is CNCc1ccc(CN(C)C2CCCN(C)C2)s1. The van der Waals surface area contributed by atoms with Crippen molar-refractivity contribution in [3.8, 4) is 0 Å². The molecular formula is C14H25N3S. The minimum atomic E-state index is 0.721. The van der Waals surface area contributed by atoms with Gasteiger partial charge in [-0.15, -0.1) is 11.3 Å². The van der Waals surface area contributed by atoms with Crippen LogP contribution in [0.4, 0.5) is 0 Å². The van der Waals surface area contributed by atoms with Gasteiger partial charge in [0.2, 0.25) is 0 Å². The van der Waals surface area contributed by atoms with E-state index in [4.69, 9.17) is 0 Å². The van der Waals surface area contributed by atoms with Crippen LogP contribution >= 0.6 is 11.3 Å². The second-order valence-electron chi connectivity index (χ2n) is 5.37. The summed E-state index contributed by atoms with van der Waals surface area (Å²) in [5.41, 5.74) is 0. The van der Waals surface area contributed by atoms with E-state index >= 15 is 0 Å². The van der Waals surface area contributed by atoms with Gasteiger partial charge in [0.1, 0.15) is 0 Å². The molecule has 1 aromatic heterocycles. The van der Waals surface area contributed by atoms with Crippen LogP contribution in [-0.4, -0.2) is 50.1 Å². The van der Waals surface area contributed by atoms with Crippen molar-refractivity contribution < 1.29 is 0 Å². The summed E-state index contributed by atoms with van der Waals surface area (Å²) in [5.74, 6) is 0. The standard InChI is InChI=1S/C14H25N3S/c1-15-9-13-6-7-14(18-13)11-17(3)12-5-4-8-16(2)10-12/h6-7,12,15H,4-5,8-11H2,1-3H3. The molecule has 0 saturated carbocycles. The van der Waals surface area contributed by atoms with Crippen molar-refractivity contribution in [3.05, 3.63) is 21.9 Å². The summed E-state index contributed by atoms with van der Waals surface area (Å²) in [7, 11) is 6.50. The van der Waals surface area contributed by atoms with Gasteiger partial charge in [0.25, 0.3) is 0 Å². The summed E-state index contributed by atoms with van der Waals surface area (Å²) in [6, 6.07) is 5.25. The van der Waals surface area contributed by atoms with Gasteiger partial charge in [-0.25, -0.2) is 0 Å². The van der Waals surface area contributed by atoms with Gasteiger partial charge in [0.05, 0.1) is 0 Å². The van der Waals surface area contributed by atoms with Crippen molar-refractivity contribution in [2.75, 3.05) is 34.2 Å². The first-order valence-electron chi connectivity index (χ1n) is 6.80. The van der Waals surface area contributed by atoms with E-state index in [-0.39, 0.29) is 0 Å². The van der Waals surface area contributed by atoms with Gasteiger partial charge in [0.15, 0.2) is 0 Å². The van der Waals surface area contributed by atoms with Crippen molar-refractivity contribution in [2.45, 2.75) is 32.0 Å². The number of likely N-dealkylation sites (tertiary alicyclic amines) is 1. The van der Waals surface area contributed by atoms with E-state index in [1.807, 2.05) is 18.4 Å². The van der Waals surface area contributed by atoms with Gasteiger partial charge in [-0.2, -0.15) is 0 Å². The molecule has 1 aromatic rings. The molecule has 0 spiro atoms. The van der Waals surface area contributed by atoms with Gasteiger partial charge < -0.3 is 10.2 Å². The molecule has 1 atom stereocenters. The van der Waals surface area contributed by atoms with Gasteiger partial charge in [-0.3, -0.25) is 4.90 Å². The lowest BCUT2D eigenvalue weighted by Crippen LogP contribution is -2.44. The number of piperidine rings is 1. The molecule has 1 aliphatic rings. The molecule has 2 rings (SSSR count). The lowest BCUT2D eigenvalue weighted by atomic mass is 10.1. The smallest absolute Gasteiger partial charge is 0.0328 e. The second-order valence-corrected chi connectivity index (χ2v) is 6.62. The zero-order valence-electron chi connectivity index (χ0n) is 11.8. The Morgan fingerprint density at radius 1 is 1.44 bits per heavy atom. The Kier molecular flexibility index (Phi) is 5.18. The molecule has 0 bridgehead atoms. The summed E-state index contributed by atoms with van der Waals surface area (Å²) in [4.78, 5) is 7.88. The minimum absolute atomic E-state index is 0.721. The zero-order chi connectivity index (χ0) is 13.0. The number of likely N-dealkylation sites (N-methyl/N-ethyl adjacent to an activating group) is 2. The Balaban J connectivity index is 1.87. The van der Waals surface area contributed by atoms with Crippen LogP contribution in [0.5, 0.6) is 0 Å².